The van der Waals surface area contributed by atoms with Crippen molar-refractivity contribution in [2.45, 2.75) is 31.1 Å². The molecule has 0 spiro atoms. The minimum Gasteiger partial charge on any atom is -0.506 e. The van der Waals surface area contributed by atoms with Gasteiger partial charge in [0, 0.05) is 16.8 Å². The Kier molecular flexibility index (Phi) is 5.58. The first-order chi connectivity index (χ1) is 13.5. The third-order valence-corrected chi connectivity index (χ3v) is 5.94. The lowest BCUT2D eigenvalue weighted by Crippen LogP contribution is -2.21. The van der Waals surface area contributed by atoms with E-state index in [0.717, 1.165) is 5.56 Å². The minimum atomic E-state index is -4.04. The average molecular weight is 433 g/mol. The van der Waals surface area contributed by atoms with Gasteiger partial charge in [-0.15, -0.1) is 0 Å². The van der Waals surface area contributed by atoms with Crippen LogP contribution < -0.4 is 0 Å². The summed E-state index contributed by atoms with van der Waals surface area (Å²) in [4.78, 5) is 0.0422. The van der Waals surface area contributed by atoms with E-state index in [0.29, 0.717) is 10.1 Å². The Morgan fingerprint density at radius 3 is 2.34 bits per heavy atom. The summed E-state index contributed by atoms with van der Waals surface area (Å²) in [5.41, 5.74) is 1.08. The van der Waals surface area contributed by atoms with Crippen molar-refractivity contribution >= 4 is 27.3 Å². The van der Waals surface area contributed by atoms with Crippen molar-refractivity contribution in [1.82, 2.24) is 5.06 Å². The quantitative estimate of drug-likeness (QED) is 0.705. The maximum absolute atomic E-state index is 12.9. The lowest BCUT2D eigenvalue weighted by atomic mass is 9.87. The number of sulfonamides is 1. The zero-order valence-electron chi connectivity index (χ0n) is 16.2. The molecule has 1 aromatic carbocycles. The van der Waals surface area contributed by atoms with Gasteiger partial charge in [-0.1, -0.05) is 44.5 Å². The van der Waals surface area contributed by atoms with Crippen LogP contribution in [0.4, 0.5) is 0 Å². The summed E-state index contributed by atoms with van der Waals surface area (Å²) >= 11 is 6.06. The molecule has 6 nitrogen and oxygen atoms in total. The molecule has 0 bridgehead atoms. The first kappa shape index (κ1) is 21.1. The van der Waals surface area contributed by atoms with Crippen LogP contribution in [0.1, 0.15) is 26.3 Å². The van der Waals surface area contributed by atoms with E-state index in [1.165, 1.54) is 48.7 Å². The molecule has 0 amide bonds. The summed E-state index contributed by atoms with van der Waals surface area (Å²) in [7, 11) is -4.04. The maximum Gasteiger partial charge on any atom is 0.282 e. The largest absolute Gasteiger partial charge is 0.506 e. The first-order valence-corrected chi connectivity index (χ1v) is 10.6. The Hall–Kier alpha value is -2.61. The number of allylic oxidation sites excluding steroid dienone is 7. The Labute approximate surface area is 175 Å². The Balaban J connectivity index is 2.09. The SMILES string of the molecule is CC(C)(C)c1ccc(S(=O)(=O)N=C2C=CC(Cl)=CC2=C2C(O)=CC=CN2O)cc1. The van der Waals surface area contributed by atoms with Crippen molar-refractivity contribution in [1.29, 1.82) is 0 Å². The number of hydrogen-bond acceptors (Lipinski definition) is 5. The predicted molar refractivity (Wildman–Crippen MR) is 113 cm³/mol. The number of benzene rings is 1. The summed E-state index contributed by atoms with van der Waals surface area (Å²) in [6.45, 7) is 6.12. The maximum atomic E-state index is 12.9. The number of hydroxylamine groups is 2. The van der Waals surface area contributed by atoms with Gasteiger partial charge in [0.05, 0.1) is 10.6 Å². The highest BCUT2D eigenvalue weighted by Gasteiger charge is 2.24. The van der Waals surface area contributed by atoms with Crippen molar-refractivity contribution in [2.24, 2.45) is 4.40 Å². The molecule has 152 valence electrons. The molecule has 0 saturated carbocycles. The Morgan fingerprint density at radius 2 is 1.76 bits per heavy atom. The number of nitrogens with zero attached hydrogens (tertiary/aromatic N) is 2. The molecule has 29 heavy (non-hydrogen) atoms. The van der Waals surface area contributed by atoms with Crippen LogP contribution in [0.3, 0.4) is 0 Å². The molecule has 1 aliphatic carbocycles. The lowest BCUT2D eigenvalue weighted by Gasteiger charge is -2.22. The topological polar surface area (TPSA) is 90.2 Å². The van der Waals surface area contributed by atoms with Crippen LogP contribution in [0.2, 0.25) is 0 Å². The fourth-order valence-electron chi connectivity index (χ4n) is 2.83. The van der Waals surface area contributed by atoms with E-state index < -0.39 is 10.0 Å². The second-order valence-corrected chi connectivity index (χ2v) is 9.63. The van der Waals surface area contributed by atoms with E-state index in [1.54, 1.807) is 12.1 Å². The molecular formula is C21H21ClN2O4S. The van der Waals surface area contributed by atoms with Crippen LogP contribution in [-0.2, 0) is 15.4 Å². The molecule has 0 radical (unpaired) electrons. The standard InChI is InChI=1S/C21H21ClN2O4S/c1-21(2,3)14-6-9-16(10-7-14)29(27,28)23-18-11-8-15(22)13-17(18)20-19(25)5-4-12-24(20)26/h4-13,25-26H,1-3H3. The summed E-state index contributed by atoms with van der Waals surface area (Å²) < 4.78 is 29.7. The molecule has 8 heteroatoms. The zero-order chi connectivity index (χ0) is 21.4. The average Bonchev–Trinajstić information content (AvgIpc) is 2.63. The number of rotatable bonds is 2. The molecule has 3 rings (SSSR count). The second-order valence-electron chi connectivity index (χ2n) is 7.59. The second kappa shape index (κ2) is 7.67. The van der Waals surface area contributed by atoms with Gasteiger partial charge in [0.25, 0.3) is 10.0 Å². The molecule has 0 saturated heterocycles. The molecule has 0 unspecified atom stereocenters. The van der Waals surface area contributed by atoms with Gasteiger partial charge in [-0.2, -0.15) is 12.8 Å². The molecule has 1 aliphatic heterocycles. The molecule has 2 aliphatic rings. The van der Waals surface area contributed by atoms with Crippen LogP contribution in [0.25, 0.3) is 0 Å². The Bertz CT molecular complexity index is 1120. The summed E-state index contributed by atoms with van der Waals surface area (Å²) in [6, 6.07) is 6.55. The fourth-order valence-corrected chi connectivity index (χ4v) is 4.01. The van der Waals surface area contributed by atoms with Crippen LogP contribution >= 0.6 is 11.6 Å². The number of aliphatic hydroxyl groups is 1. The normalized spacial score (nSPS) is 21.4. The zero-order valence-corrected chi connectivity index (χ0v) is 17.7. The van der Waals surface area contributed by atoms with Crippen LogP contribution in [-0.4, -0.2) is 29.5 Å². The van der Waals surface area contributed by atoms with Crippen molar-refractivity contribution in [2.75, 3.05) is 0 Å². The van der Waals surface area contributed by atoms with E-state index >= 15 is 0 Å². The van der Waals surface area contributed by atoms with Gasteiger partial charge in [-0.3, -0.25) is 5.21 Å². The number of aliphatic hydroxyl groups excluding tert-OH is 1. The van der Waals surface area contributed by atoms with Crippen LogP contribution in [0.15, 0.2) is 92.2 Å². The van der Waals surface area contributed by atoms with Crippen molar-refractivity contribution in [3.63, 3.8) is 0 Å². The van der Waals surface area contributed by atoms with Crippen molar-refractivity contribution in [3.8, 4) is 0 Å². The third-order valence-electron chi connectivity index (χ3n) is 4.40. The summed E-state index contributed by atoms with van der Waals surface area (Å²) in [5, 5.41) is 21.3. The highest BCUT2D eigenvalue weighted by molar-refractivity contribution is 7.90. The van der Waals surface area contributed by atoms with Gasteiger partial charge < -0.3 is 5.11 Å². The smallest absolute Gasteiger partial charge is 0.282 e. The molecule has 1 heterocycles. The molecule has 1 aromatic rings. The highest BCUT2D eigenvalue weighted by atomic mass is 35.5. The minimum absolute atomic E-state index is 0.0213. The van der Waals surface area contributed by atoms with E-state index in [2.05, 4.69) is 4.40 Å². The van der Waals surface area contributed by atoms with E-state index in [1.807, 2.05) is 20.8 Å². The van der Waals surface area contributed by atoms with E-state index in [4.69, 9.17) is 11.6 Å². The lowest BCUT2D eigenvalue weighted by molar-refractivity contribution is -0.00813. The van der Waals surface area contributed by atoms with Crippen LogP contribution in [0.5, 0.6) is 0 Å². The molecule has 0 aromatic heterocycles. The molecular weight excluding hydrogens is 412 g/mol. The molecule has 0 fully saturated rings. The summed E-state index contributed by atoms with van der Waals surface area (Å²) in [5.74, 6) is -0.249. The van der Waals surface area contributed by atoms with Crippen LogP contribution in [0, 0.1) is 0 Å². The van der Waals surface area contributed by atoms with E-state index in [9.17, 15) is 18.7 Å². The number of hydrogen-bond donors (Lipinski definition) is 2. The van der Waals surface area contributed by atoms with Gasteiger partial charge >= 0.3 is 0 Å². The fraction of sp³-hybridized carbons (Fsp3) is 0.190. The number of halogens is 1. The monoisotopic (exact) mass is 432 g/mol. The van der Waals surface area contributed by atoms with Gasteiger partial charge in [0.2, 0.25) is 0 Å². The van der Waals surface area contributed by atoms with Gasteiger partial charge in [-0.25, -0.2) is 5.06 Å². The molecule has 2 N–H and O–H groups in total. The van der Waals surface area contributed by atoms with Crippen molar-refractivity contribution < 1.29 is 18.7 Å². The summed E-state index contributed by atoms with van der Waals surface area (Å²) in [6.07, 6.45) is 8.45. The first-order valence-electron chi connectivity index (χ1n) is 8.80. The van der Waals surface area contributed by atoms with Gasteiger partial charge in [-0.05, 0) is 53.5 Å². The van der Waals surface area contributed by atoms with E-state index in [-0.39, 0.29) is 33.1 Å². The third kappa shape index (κ3) is 4.53. The highest BCUT2D eigenvalue weighted by Crippen LogP contribution is 2.29. The Morgan fingerprint density at radius 1 is 1.10 bits per heavy atom. The van der Waals surface area contributed by atoms with Gasteiger partial charge in [0.1, 0.15) is 11.5 Å². The predicted octanol–water partition coefficient (Wildman–Crippen LogP) is 4.72. The molecule has 0 atom stereocenters. The van der Waals surface area contributed by atoms with Gasteiger partial charge in [0.15, 0.2) is 0 Å². The van der Waals surface area contributed by atoms with Crippen molar-refractivity contribution in [3.05, 3.63) is 88.5 Å².